The second kappa shape index (κ2) is 5.84. The fourth-order valence-corrected chi connectivity index (χ4v) is 3.42. The van der Waals surface area contributed by atoms with E-state index in [1.165, 1.54) is 18.3 Å². The van der Waals surface area contributed by atoms with Crippen LogP contribution in [0.3, 0.4) is 0 Å². The Morgan fingerprint density at radius 3 is 2.84 bits per heavy atom. The largest absolute Gasteiger partial charge is 0.334 e. The Hall–Kier alpha value is -1.20. The third-order valence-corrected chi connectivity index (χ3v) is 4.65. The molecule has 104 valence electrons. The number of carbonyl (C=O) groups excluding carboxylic acids is 2. The molecule has 19 heavy (non-hydrogen) atoms. The SMILES string of the molecule is CC(=O)c1csc(C(=O)N2CCC(C)CC2CN)c1. The first-order valence-electron chi connectivity index (χ1n) is 6.63. The fraction of sp³-hybridized carbons (Fsp3) is 0.571. The Morgan fingerprint density at radius 2 is 2.26 bits per heavy atom. The summed E-state index contributed by atoms with van der Waals surface area (Å²) in [6.07, 6.45) is 1.99. The van der Waals surface area contributed by atoms with E-state index in [4.69, 9.17) is 5.73 Å². The fourth-order valence-electron chi connectivity index (χ4n) is 2.52. The van der Waals surface area contributed by atoms with Crippen LogP contribution in [0.5, 0.6) is 0 Å². The Bertz CT molecular complexity index is 484. The highest BCUT2D eigenvalue weighted by Gasteiger charge is 2.30. The van der Waals surface area contributed by atoms with E-state index in [0.717, 1.165) is 19.4 Å². The number of thiophene rings is 1. The van der Waals surface area contributed by atoms with Gasteiger partial charge in [-0.15, -0.1) is 11.3 Å². The van der Waals surface area contributed by atoms with Crippen molar-refractivity contribution in [3.63, 3.8) is 0 Å². The Labute approximate surface area is 117 Å². The molecule has 2 heterocycles. The number of piperidine rings is 1. The maximum atomic E-state index is 12.5. The van der Waals surface area contributed by atoms with Crippen LogP contribution in [0.2, 0.25) is 0 Å². The van der Waals surface area contributed by atoms with E-state index in [1.54, 1.807) is 11.4 Å². The van der Waals surface area contributed by atoms with Gasteiger partial charge in [-0.05, 0) is 31.7 Å². The molecule has 1 aromatic heterocycles. The number of hydrogen-bond donors (Lipinski definition) is 1. The molecule has 5 heteroatoms. The van der Waals surface area contributed by atoms with Crippen LogP contribution in [0, 0.1) is 5.92 Å². The summed E-state index contributed by atoms with van der Waals surface area (Å²) in [5.41, 5.74) is 6.39. The predicted molar refractivity (Wildman–Crippen MR) is 76.6 cm³/mol. The molecule has 1 aliphatic rings. The molecule has 2 atom stereocenters. The zero-order chi connectivity index (χ0) is 14.0. The highest BCUT2D eigenvalue weighted by Crippen LogP contribution is 2.25. The Morgan fingerprint density at radius 1 is 1.53 bits per heavy atom. The van der Waals surface area contributed by atoms with Crippen LogP contribution in [-0.2, 0) is 0 Å². The molecule has 2 N–H and O–H groups in total. The van der Waals surface area contributed by atoms with E-state index in [2.05, 4.69) is 6.92 Å². The first-order chi connectivity index (χ1) is 9.02. The van der Waals surface area contributed by atoms with Gasteiger partial charge < -0.3 is 10.6 Å². The number of rotatable bonds is 3. The molecule has 1 amide bonds. The third kappa shape index (κ3) is 3.04. The zero-order valence-corrected chi connectivity index (χ0v) is 12.2. The van der Waals surface area contributed by atoms with Gasteiger partial charge >= 0.3 is 0 Å². The molecule has 0 aliphatic carbocycles. The molecular formula is C14H20N2O2S. The Kier molecular flexibility index (Phi) is 4.37. The van der Waals surface area contributed by atoms with Crippen LogP contribution in [0.4, 0.5) is 0 Å². The number of ketones is 1. The molecule has 1 fully saturated rings. The highest BCUT2D eigenvalue weighted by molar-refractivity contribution is 7.12. The first-order valence-corrected chi connectivity index (χ1v) is 7.51. The van der Waals surface area contributed by atoms with Crippen molar-refractivity contribution in [3.8, 4) is 0 Å². The molecular weight excluding hydrogens is 260 g/mol. The van der Waals surface area contributed by atoms with Crippen molar-refractivity contribution in [2.75, 3.05) is 13.1 Å². The maximum absolute atomic E-state index is 12.5. The van der Waals surface area contributed by atoms with Gasteiger partial charge in [-0.3, -0.25) is 9.59 Å². The van der Waals surface area contributed by atoms with Crippen molar-refractivity contribution in [2.45, 2.75) is 32.7 Å². The van der Waals surface area contributed by atoms with Gasteiger partial charge in [0.15, 0.2) is 5.78 Å². The van der Waals surface area contributed by atoms with Gasteiger partial charge in [0.25, 0.3) is 5.91 Å². The summed E-state index contributed by atoms with van der Waals surface area (Å²) in [6, 6.07) is 1.82. The van der Waals surface area contributed by atoms with Crippen LogP contribution < -0.4 is 5.73 Å². The lowest BCUT2D eigenvalue weighted by molar-refractivity contribution is 0.0578. The summed E-state index contributed by atoms with van der Waals surface area (Å²) in [6.45, 7) is 4.97. The minimum Gasteiger partial charge on any atom is -0.334 e. The third-order valence-electron chi connectivity index (χ3n) is 3.73. The smallest absolute Gasteiger partial charge is 0.264 e. The van der Waals surface area contributed by atoms with Crippen molar-refractivity contribution in [3.05, 3.63) is 21.9 Å². The van der Waals surface area contributed by atoms with Crippen molar-refractivity contribution in [2.24, 2.45) is 11.7 Å². The first kappa shape index (κ1) is 14.2. The molecule has 0 saturated carbocycles. The zero-order valence-electron chi connectivity index (χ0n) is 11.4. The van der Waals surface area contributed by atoms with E-state index in [-0.39, 0.29) is 17.7 Å². The predicted octanol–water partition coefficient (Wildman–Crippen LogP) is 2.15. The summed E-state index contributed by atoms with van der Waals surface area (Å²) in [5, 5.41) is 1.75. The molecule has 0 bridgehead atoms. The quantitative estimate of drug-likeness (QED) is 0.863. The number of hydrogen-bond acceptors (Lipinski definition) is 4. The summed E-state index contributed by atoms with van der Waals surface area (Å²) < 4.78 is 0. The molecule has 1 aliphatic heterocycles. The van der Waals surface area contributed by atoms with E-state index in [1.807, 2.05) is 4.90 Å². The molecule has 0 aromatic carbocycles. The van der Waals surface area contributed by atoms with Crippen LogP contribution in [0.1, 0.15) is 46.7 Å². The minimum atomic E-state index is -0.00191. The summed E-state index contributed by atoms with van der Waals surface area (Å²) in [7, 11) is 0. The van der Waals surface area contributed by atoms with Crippen LogP contribution >= 0.6 is 11.3 Å². The number of nitrogens with two attached hydrogens (primary N) is 1. The van der Waals surface area contributed by atoms with Crippen molar-refractivity contribution in [1.29, 1.82) is 0 Å². The number of amides is 1. The summed E-state index contributed by atoms with van der Waals surface area (Å²) in [4.78, 5) is 26.3. The van der Waals surface area contributed by atoms with Crippen LogP contribution in [0.25, 0.3) is 0 Å². The number of likely N-dealkylation sites (tertiary alicyclic amines) is 1. The van der Waals surface area contributed by atoms with E-state index in [0.29, 0.717) is 22.9 Å². The second-order valence-electron chi connectivity index (χ2n) is 5.27. The highest BCUT2D eigenvalue weighted by atomic mass is 32.1. The molecule has 2 rings (SSSR count). The van der Waals surface area contributed by atoms with E-state index < -0.39 is 0 Å². The molecule has 0 spiro atoms. The maximum Gasteiger partial charge on any atom is 0.264 e. The van der Waals surface area contributed by atoms with Crippen LogP contribution in [-0.4, -0.2) is 35.7 Å². The number of carbonyl (C=O) groups is 2. The normalized spacial score (nSPS) is 23.4. The van der Waals surface area contributed by atoms with Gasteiger partial charge in [-0.25, -0.2) is 0 Å². The monoisotopic (exact) mass is 280 g/mol. The molecule has 1 aromatic rings. The summed E-state index contributed by atoms with van der Waals surface area (Å²) >= 11 is 1.34. The van der Waals surface area contributed by atoms with Gasteiger partial charge in [0.2, 0.25) is 0 Å². The Balaban J connectivity index is 2.15. The second-order valence-corrected chi connectivity index (χ2v) is 6.18. The van der Waals surface area contributed by atoms with Gasteiger partial charge in [0.05, 0.1) is 4.88 Å². The lowest BCUT2D eigenvalue weighted by Crippen LogP contribution is -2.49. The average molecular weight is 280 g/mol. The molecule has 4 nitrogen and oxygen atoms in total. The minimum absolute atomic E-state index is 0.00191. The molecule has 0 radical (unpaired) electrons. The molecule has 2 unspecified atom stereocenters. The van der Waals surface area contributed by atoms with Gasteiger partial charge in [0, 0.05) is 30.1 Å². The van der Waals surface area contributed by atoms with Gasteiger partial charge in [-0.1, -0.05) is 6.92 Å². The van der Waals surface area contributed by atoms with E-state index >= 15 is 0 Å². The topological polar surface area (TPSA) is 63.4 Å². The average Bonchev–Trinajstić information content (AvgIpc) is 2.87. The van der Waals surface area contributed by atoms with Crippen molar-refractivity contribution in [1.82, 2.24) is 4.90 Å². The lowest BCUT2D eigenvalue weighted by atomic mass is 9.92. The van der Waals surface area contributed by atoms with Gasteiger partial charge in [0.1, 0.15) is 0 Å². The summed E-state index contributed by atoms with van der Waals surface area (Å²) in [5.74, 6) is 0.631. The van der Waals surface area contributed by atoms with Gasteiger partial charge in [-0.2, -0.15) is 0 Å². The van der Waals surface area contributed by atoms with Crippen molar-refractivity contribution < 1.29 is 9.59 Å². The number of nitrogens with zero attached hydrogens (tertiary/aromatic N) is 1. The standard InChI is InChI=1S/C14H20N2O2S/c1-9-3-4-16(12(5-9)7-15)14(18)13-6-11(8-19-13)10(2)17/h6,8-9,12H,3-5,7,15H2,1-2H3. The van der Waals surface area contributed by atoms with Crippen LogP contribution in [0.15, 0.2) is 11.4 Å². The van der Waals surface area contributed by atoms with Crippen molar-refractivity contribution >= 4 is 23.0 Å². The molecule has 1 saturated heterocycles. The number of Topliss-reactive ketones (excluding diaryl/α,β-unsaturated/α-hetero) is 1. The lowest BCUT2D eigenvalue weighted by Gasteiger charge is -2.37. The van der Waals surface area contributed by atoms with E-state index in [9.17, 15) is 9.59 Å².